The number of hydrogen-bond acceptors (Lipinski definition) is 9. The molecule has 2 aromatic rings. The largest absolute Gasteiger partial charge is 0.497 e. The van der Waals surface area contributed by atoms with Crippen LogP contribution in [0.2, 0.25) is 0 Å². The summed E-state index contributed by atoms with van der Waals surface area (Å²) in [5.41, 5.74) is 0.0985. The minimum atomic E-state index is -0.644. The zero-order valence-corrected chi connectivity index (χ0v) is 24.0. The number of methoxy groups -OCH3 is 1. The molecule has 9 nitrogen and oxygen atoms in total. The maximum absolute atomic E-state index is 13.2. The molecule has 0 aliphatic carbocycles. The molecule has 1 saturated heterocycles. The van der Waals surface area contributed by atoms with E-state index in [4.69, 9.17) is 21.7 Å². The summed E-state index contributed by atoms with van der Waals surface area (Å²) in [7, 11) is 1.58. The highest BCUT2D eigenvalue weighted by atomic mass is 32.2. The van der Waals surface area contributed by atoms with E-state index in [2.05, 4.69) is 0 Å². The number of carbonyl (C=O) groups is 2. The molecule has 1 aliphatic rings. The number of nitriles is 1. The molecule has 2 heterocycles. The van der Waals surface area contributed by atoms with Gasteiger partial charge in [-0.3, -0.25) is 23.9 Å². The van der Waals surface area contributed by atoms with Gasteiger partial charge in [0.15, 0.2) is 5.78 Å². The number of ketones is 1. The molecule has 1 fully saturated rings. The number of Topliss-reactive ketones (excluding diaryl/α,β-unsaturated/α-hetero) is 1. The lowest BCUT2D eigenvalue weighted by atomic mass is 9.99. The molecule has 206 valence electrons. The van der Waals surface area contributed by atoms with Gasteiger partial charge in [0.05, 0.1) is 23.7 Å². The van der Waals surface area contributed by atoms with Crippen LogP contribution in [0, 0.1) is 18.3 Å². The average Bonchev–Trinajstić information content (AvgIpc) is 3.16. The minimum absolute atomic E-state index is 0.0114. The van der Waals surface area contributed by atoms with Gasteiger partial charge >= 0.3 is 0 Å². The van der Waals surface area contributed by atoms with Crippen LogP contribution in [0.25, 0.3) is 6.08 Å². The topological polar surface area (TPSA) is 122 Å². The predicted molar refractivity (Wildman–Crippen MR) is 154 cm³/mol. The molecular formula is C28H31N3O6S2. The van der Waals surface area contributed by atoms with Gasteiger partial charge < -0.3 is 14.6 Å². The SMILES string of the molecule is COc1ccc(/C=C2\SC(=S)N(CCCC(=O)c3c(C)c(C#N)c(=O)n(CCCOC(C)C)c3O)C2=O)cc1. The van der Waals surface area contributed by atoms with Crippen molar-refractivity contribution in [3.63, 3.8) is 0 Å². The van der Waals surface area contributed by atoms with E-state index >= 15 is 0 Å². The van der Waals surface area contributed by atoms with Crippen molar-refractivity contribution in [1.29, 1.82) is 5.26 Å². The predicted octanol–water partition coefficient (Wildman–Crippen LogP) is 4.42. The molecule has 0 unspecified atom stereocenters. The van der Waals surface area contributed by atoms with Crippen LogP contribution in [0.3, 0.4) is 0 Å². The Morgan fingerprint density at radius 1 is 1.21 bits per heavy atom. The van der Waals surface area contributed by atoms with Crippen LogP contribution in [0.4, 0.5) is 0 Å². The maximum Gasteiger partial charge on any atom is 0.271 e. The molecule has 1 aliphatic heterocycles. The first-order chi connectivity index (χ1) is 18.6. The third kappa shape index (κ3) is 7.15. The molecule has 1 N–H and O–H groups in total. The number of rotatable bonds is 12. The Balaban J connectivity index is 1.70. The third-order valence-electron chi connectivity index (χ3n) is 6.13. The fourth-order valence-electron chi connectivity index (χ4n) is 4.10. The van der Waals surface area contributed by atoms with Gasteiger partial charge in [-0.05, 0) is 62.9 Å². The number of amides is 1. The zero-order chi connectivity index (χ0) is 28.7. The number of aromatic nitrogens is 1. The molecular weight excluding hydrogens is 538 g/mol. The Morgan fingerprint density at radius 2 is 1.90 bits per heavy atom. The molecule has 3 rings (SSSR count). The van der Waals surface area contributed by atoms with E-state index in [9.17, 15) is 24.8 Å². The van der Waals surface area contributed by atoms with Gasteiger partial charge in [-0.2, -0.15) is 5.26 Å². The molecule has 1 aromatic carbocycles. The average molecular weight is 570 g/mol. The van der Waals surface area contributed by atoms with Gasteiger partial charge in [0.1, 0.15) is 21.7 Å². The highest BCUT2D eigenvalue weighted by Gasteiger charge is 2.32. The van der Waals surface area contributed by atoms with Crippen molar-refractivity contribution in [3.05, 3.63) is 61.8 Å². The Bertz CT molecular complexity index is 1390. The molecule has 0 radical (unpaired) electrons. The summed E-state index contributed by atoms with van der Waals surface area (Å²) >= 11 is 6.59. The molecule has 1 aromatic heterocycles. The fraction of sp³-hybridized carbons (Fsp3) is 0.393. The van der Waals surface area contributed by atoms with Crippen molar-refractivity contribution in [2.45, 2.75) is 52.7 Å². The standard InChI is InChI=1S/C28H31N3O6S2/c1-17(2)37-14-6-13-30-25(33)21(16-29)18(3)24(27(30)35)22(32)7-5-12-31-26(34)23(39-28(31)38)15-19-8-10-20(36-4)11-9-19/h8-11,15,17,35H,5-7,12-14H2,1-4H3/b23-15-. The molecule has 11 heteroatoms. The van der Waals surface area contributed by atoms with Gasteiger partial charge in [0.25, 0.3) is 11.5 Å². The van der Waals surface area contributed by atoms with Gasteiger partial charge in [0.2, 0.25) is 5.88 Å². The van der Waals surface area contributed by atoms with E-state index < -0.39 is 17.2 Å². The van der Waals surface area contributed by atoms with Crippen molar-refractivity contribution >= 4 is 46.1 Å². The Morgan fingerprint density at radius 3 is 2.51 bits per heavy atom. The van der Waals surface area contributed by atoms with Crippen LogP contribution >= 0.6 is 24.0 Å². The number of ether oxygens (including phenoxy) is 2. The molecule has 0 bridgehead atoms. The van der Waals surface area contributed by atoms with Crippen LogP contribution in [0.1, 0.15) is 60.2 Å². The highest BCUT2D eigenvalue weighted by molar-refractivity contribution is 8.26. The number of thioether (sulfide) groups is 1. The van der Waals surface area contributed by atoms with Crippen LogP contribution < -0.4 is 10.3 Å². The highest BCUT2D eigenvalue weighted by Crippen LogP contribution is 2.33. The van der Waals surface area contributed by atoms with E-state index in [-0.39, 0.29) is 54.6 Å². The molecule has 0 spiro atoms. The van der Waals surface area contributed by atoms with Crippen molar-refractivity contribution in [1.82, 2.24) is 9.47 Å². The summed E-state index contributed by atoms with van der Waals surface area (Å²) < 4.78 is 12.1. The van der Waals surface area contributed by atoms with Crippen molar-refractivity contribution in [3.8, 4) is 17.7 Å². The summed E-state index contributed by atoms with van der Waals surface area (Å²) in [6.45, 7) is 5.93. The normalized spacial score (nSPS) is 14.4. The quantitative estimate of drug-likeness (QED) is 0.171. The van der Waals surface area contributed by atoms with Crippen LogP contribution in [0.15, 0.2) is 34.0 Å². The van der Waals surface area contributed by atoms with Crippen molar-refractivity contribution in [2.24, 2.45) is 0 Å². The van der Waals surface area contributed by atoms with Crippen LogP contribution in [0.5, 0.6) is 11.6 Å². The van der Waals surface area contributed by atoms with Crippen molar-refractivity contribution in [2.75, 3.05) is 20.3 Å². The van der Waals surface area contributed by atoms with Gasteiger partial charge in [0, 0.05) is 26.1 Å². The second-order valence-corrected chi connectivity index (χ2v) is 10.8. The summed E-state index contributed by atoms with van der Waals surface area (Å²) in [5.74, 6) is -0.411. The number of thiocarbonyl (C=S) groups is 1. The number of aromatic hydroxyl groups is 1. The van der Waals surface area contributed by atoms with E-state index in [1.54, 1.807) is 25.3 Å². The molecule has 39 heavy (non-hydrogen) atoms. The number of hydrogen-bond donors (Lipinski definition) is 1. The van der Waals surface area contributed by atoms with Gasteiger partial charge in [-0.1, -0.05) is 36.1 Å². The Hall–Kier alpha value is -3.46. The number of carbonyl (C=O) groups excluding carboxylic acids is 2. The summed E-state index contributed by atoms with van der Waals surface area (Å²) in [5, 5.41) is 20.4. The zero-order valence-electron chi connectivity index (χ0n) is 22.4. The van der Waals surface area contributed by atoms with E-state index in [1.165, 1.54) is 23.6 Å². The summed E-state index contributed by atoms with van der Waals surface area (Å²) in [6.07, 6.45) is 2.46. The third-order valence-corrected chi connectivity index (χ3v) is 7.51. The lowest BCUT2D eigenvalue weighted by molar-refractivity contribution is -0.122. The summed E-state index contributed by atoms with van der Waals surface area (Å²) in [6, 6.07) is 9.14. The Labute approximate surface area is 237 Å². The van der Waals surface area contributed by atoms with Crippen LogP contribution in [-0.2, 0) is 16.1 Å². The second-order valence-electron chi connectivity index (χ2n) is 9.17. The molecule has 1 amide bonds. The maximum atomic E-state index is 13.2. The van der Waals surface area contributed by atoms with Gasteiger partial charge in [-0.15, -0.1) is 0 Å². The molecule has 0 saturated carbocycles. The molecule has 0 atom stereocenters. The number of pyridine rings is 1. The summed E-state index contributed by atoms with van der Waals surface area (Å²) in [4.78, 5) is 40.8. The first-order valence-corrected chi connectivity index (χ1v) is 13.7. The monoisotopic (exact) mass is 569 g/mol. The van der Waals surface area contributed by atoms with E-state index in [0.29, 0.717) is 28.0 Å². The van der Waals surface area contributed by atoms with E-state index in [1.807, 2.05) is 32.0 Å². The van der Waals surface area contributed by atoms with Gasteiger partial charge in [-0.25, -0.2) is 0 Å². The number of nitrogens with zero attached hydrogens (tertiary/aromatic N) is 3. The lowest BCUT2D eigenvalue weighted by Crippen LogP contribution is -2.30. The number of benzene rings is 1. The minimum Gasteiger partial charge on any atom is -0.497 e. The smallest absolute Gasteiger partial charge is 0.271 e. The van der Waals surface area contributed by atoms with Crippen molar-refractivity contribution < 1.29 is 24.2 Å². The Kier molecular flexibility index (Phi) is 10.5. The second kappa shape index (κ2) is 13.6. The van der Waals surface area contributed by atoms with Crippen LogP contribution in [-0.4, -0.2) is 56.9 Å². The fourth-order valence-corrected chi connectivity index (χ4v) is 5.41. The first-order valence-electron chi connectivity index (χ1n) is 12.5. The lowest BCUT2D eigenvalue weighted by Gasteiger charge is -2.17. The van der Waals surface area contributed by atoms with E-state index in [0.717, 1.165) is 10.1 Å². The first kappa shape index (κ1) is 30.1.